The maximum atomic E-state index is 13.1. The number of halogens is 7. The number of ether oxygens (including phenoxy) is 2. The Hall–Kier alpha value is -2.65. The van der Waals surface area contributed by atoms with E-state index in [9.17, 15) is 47.7 Å². The molecule has 0 aliphatic carbocycles. The molecule has 0 spiro atoms. The van der Waals surface area contributed by atoms with Crippen LogP contribution in [0.4, 0.5) is 26.3 Å². The summed E-state index contributed by atoms with van der Waals surface area (Å²) in [6, 6.07) is 6.07. The molecular formula is C32H41CuF6IO17S4-. The molecule has 5 rings (SSSR count). The maximum Gasteiger partial charge on any atom is 1.00 e. The fraction of sp³-hybridized carbons (Fsp3) is 0.375. The van der Waals surface area contributed by atoms with Crippen LogP contribution in [-0.2, 0) is 76.1 Å². The number of thioether (sulfide) groups is 1. The fourth-order valence-electron chi connectivity index (χ4n) is 3.21. The molecule has 356 valence electrons. The molecule has 2 heterocycles. The number of aliphatic carboxylic acids is 1. The van der Waals surface area contributed by atoms with Gasteiger partial charge in [-0.1, -0.05) is 0 Å². The molecule has 2 aliphatic rings. The van der Waals surface area contributed by atoms with Gasteiger partial charge in [0.15, 0.2) is 22.3 Å². The predicted octanol–water partition coefficient (Wildman–Crippen LogP) is 0.119. The molecule has 0 radical (unpaired) electrons. The first-order chi connectivity index (χ1) is 27.3. The number of carbonyl (C=O) groups excluding carboxylic acids is 1. The molecule has 29 heteroatoms. The SMILES string of the molecule is C1CSCCO1.CC(=O)O.COS(=O)(=O)[O-].CS(=O)(=O)OO.C[C-]=O.O.Oc1c(F)cc([I-]c2cc(F)c(O)c(F)c2)cc1F.Oc1c(F)cc([S+]2CCOCC2)cc1F.[Cu+]. The Bertz CT molecular complexity index is 1790. The van der Waals surface area contributed by atoms with Crippen molar-refractivity contribution in [2.24, 2.45) is 0 Å². The largest absolute Gasteiger partial charge is 1.00 e. The smallest absolute Gasteiger partial charge is 0.503 e. The van der Waals surface area contributed by atoms with Gasteiger partial charge < -0.3 is 34.5 Å². The van der Waals surface area contributed by atoms with Gasteiger partial charge in [0, 0.05) is 41.5 Å². The van der Waals surface area contributed by atoms with Gasteiger partial charge in [0.2, 0.25) is 10.4 Å². The summed E-state index contributed by atoms with van der Waals surface area (Å²) >= 11 is 0.724. The summed E-state index contributed by atoms with van der Waals surface area (Å²) in [5, 5.41) is 41.6. The zero-order chi connectivity index (χ0) is 45.9. The molecule has 0 unspecified atom stereocenters. The number of hydrogen-bond acceptors (Lipinski definition) is 16. The molecule has 3 aromatic carbocycles. The minimum Gasteiger partial charge on any atom is -0.503 e. The summed E-state index contributed by atoms with van der Waals surface area (Å²) < 4.78 is 142. The molecule has 3 aromatic rings. The quantitative estimate of drug-likeness (QED) is 0.0261. The van der Waals surface area contributed by atoms with Gasteiger partial charge >= 0.3 is 132 Å². The van der Waals surface area contributed by atoms with E-state index in [-0.39, 0.29) is 40.6 Å². The van der Waals surface area contributed by atoms with Crippen molar-refractivity contribution in [1.82, 2.24) is 0 Å². The van der Waals surface area contributed by atoms with Crippen LogP contribution >= 0.6 is 11.8 Å². The van der Waals surface area contributed by atoms with Gasteiger partial charge in [0.05, 0.1) is 39.8 Å². The average molecular weight is 1130 g/mol. The van der Waals surface area contributed by atoms with E-state index in [0.717, 1.165) is 69.3 Å². The summed E-state index contributed by atoms with van der Waals surface area (Å²) in [5.74, 6) is -6.21. The second-order valence-electron chi connectivity index (χ2n) is 10.1. The number of hydrogen-bond donors (Lipinski definition) is 5. The minimum atomic E-state index is -4.41. The average Bonchev–Trinajstić information content (AvgIpc) is 3.16. The number of phenolic OH excluding ortho intramolecular Hbond substituents is 3. The van der Waals surface area contributed by atoms with Crippen LogP contribution in [0.2, 0.25) is 0 Å². The van der Waals surface area contributed by atoms with E-state index >= 15 is 0 Å². The Kier molecular flexibility index (Phi) is 37.1. The zero-order valence-electron chi connectivity index (χ0n) is 31.9. The number of carboxylic acids is 1. The van der Waals surface area contributed by atoms with Crippen molar-refractivity contribution in [3.05, 3.63) is 78.4 Å². The van der Waals surface area contributed by atoms with Crippen molar-refractivity contribution in [1.29, 1.82) is 0 Å². The number of carbonyl (C=O) groups is 1. The minimum absolute atomic E-state index is 0. The van der Waals surface area contributed by atoms with Gasteiger partial charge in [0.1, 0.15) is 11.5 Å². The third kappa shape index (κ3) is 32.7. The first kappa shape index (κ1) is 65.0. The Labute approximate surface area is 375 Å². The molecule has 2 aliphatic heterocycles. The second kappa shape index (κ2) is 34.8. The molecule has 0 atom stereocenters. The molecule has 0 amide bonds. The third-order valence-corrected chi connectivity index (χ3v) is 11.8. The summed E-state index contributed by atoms with van der Waals surface area (Å²) in [6.45, 7) is 5.59. The molecule has 0 saturated carbocycles. The van der Waals surface area contributed by atoms with Crippen LogP contribution in [-0.4, -0.2) is 128 Å². The van der Waals surface area contributed by atoms with Gasteiger partial charge in [-0.2, -0.15) is 27.1 Å². The molecular weight excluding hydrogens is 1090 g/mol. The van der Waals surface area contributed by atoms with Crippen molar-refractivity contribution in [3.63, 3.8) is 0 Å². The zero-order valence-corrected chi connectivity index (χ0v) is 38.3. The summed E-state index contributed by atoms with van der Waals surface area (Å²) in [6.07, 6.45) is 2.24. The van der Waals surface area contributed by atoms with Crippen LogP contribution in [0.3, 0.4) is 0 Å². The van der Waals surface area contributed by atoms with E-state index in [1.165, 1.54) is 36.8 Å². The van der Waals surface area contributed by atoms with Gasteiger partial charge in [-0.05, 0) is 0 Å². The molecule has 0 aromatic heterocycles. The maximum absolute atomic E-state index is 13.1. The number of aromatic hydroxyl groups is 3. The van der Waals surface area contributed by atoms with Gasteiger partial charge in [-0.3, -0.25) is 15.3 Å². The third-order valence-electron chi connectivity index (χ3n) is 5.54. The molecule has 17 nitrogen and oxygen atoms in total. The van der Waals surface area contributed by atoms with Crippen molar-refractivity contribution >= 4 is 55.4 Å². The van der Waals surface area contributed by atoms with Crippen LogP contribution in [0, 0.1) is 42.0 Å². The first-order valence-electron chi connectivity index (χ1n) is 15.5. The number of carboxylic acid groups (broad SMARTS) is 1. The number of rotatable bonds is 5. The first-order valence-corrected chi connectivity index (χ1v) is 23.5. The molecule has 2 saturated heterocycles. The summed E-state index contributed by atoms with van der Waals surface area (Å²) in [7, 11) is -7.36. The number of benzene rings is 3. The van der Waals surface area contributed by atoms with Crippen LogP contribution in [0.25, 0.3) is 0 Å². The normalized spacial score (nSPS) is 13.1. The van der Waals surface area contributed by atoms with E-state index in [1.807, 2.05) is 11.8 Å². The Morgan fingerprint density at radius 1 is 0.787 bits per heavy atom. The van der Waals surface area contributed by atoms with E-state index in [2.05, 4.69) is 8.52 Å². The van der Waals surface area contributed by atoms with E-state index in [1.54, 1.807) is 0 Å². The van der Waals surface area contributed by atoms with Crippen molar-refractivity contribution < 1.29 is 145 Å². The molecule has 61 heavy (non-hydrogen) atoms. The number of phenols is 3. The standard InChI is InChI=1S/C12H6F4IO2.C10H10F2O2S.C4H8OS.C2H4O2.C2H3O.2CH4O4S.Cu.H2O/c13-7-1-5(2-8(14)11(7)18)17-6-3-9(15)12(19)10(16)4-6;11-8-5-7(6-9(12)10(8)13)15-3-1-14-2-4-15;1-3-6-4-2-5-1;1-2(3)4;1-2-3;1-6(3,4)5-2;1-5-6(2,3)4;;/h1-4,18-19H;5-6H,1-4H2;1-4H2;1H3,(H,3,4);1H3;2H,1H3;1H3,(H,2,3,4);;1H2/q-1;;;;-1;;;+1;. The van der Waals surface area contributed by atoms with Crippen molar-refractivity contribution in [3.8, 4) is 17.2 Å². The fourth-order valence-corrected chi connectivity index (χ4v) is 8.18. The molecule has 2 fully saturated rings. The van der Waals surface area contributed by atoms with E-state index in [4.69, 9.17) is 44.7 Å². The van der Waals surface area contributed by atoms with Crippen molar-refractivity contribution in [2.75, 3.05) is 62.8 Å². The molecule has 0 bridgehead atoms. The van der Waals surface area contributed by atoms with Gasteiger partial charge in [-0.25, -0.2) is 22.5 Å². The Morgan fingerprint density at radius 2 is 1.05 bits per heavy atom. The molecule has 7 N–H and O–H groups in total. The van der Waals surface area contributed by atoms with Crippen LogP contribution < -0.4 is 21.2 Å². The van der Waals surface area contributed by atoms with Crippen molar-refractivity contribution in [2.45, 2.75) is 18.7 Å². The van der Waals surface area contributed by atoms with E-state index in [0.29, 0.717) is 18.1 Å². The van der Waals surface area contributed by atoms with Gasteiger partial charge in [0.25, 0.3) is 16.1 Å². The van der Waals surface area contributed by atoms with Crippen LogP contribution in [0.15, 0.2) is 41.3 Å². The Morgan fingerprint density at radius 3 is 1.26 bits per heavy atom. The van der Waals surface area contributed by atoms with Gasteiger partial charge in [-0.15, -0.1) is 4.33 Å². The topological polar surface area (TPSA) is 295 Å². The summed E-state index contributed by atoms with van der Waals surface area (Å²) in [5.41, 5.74) is 0. The summed E-state index contributed by atoms with van der Waals surface area (Å²) in [4.78, 5) is 18.3. The van der Waals surface area contributed by atoms with E-state index < -0.39 is 99.8 Å². The monoisotopic (exact) mass is 1130 g/mol. The Balaban J connectivity index is -0.000000343. The predicted molar refractivity (Wildman–Crippen MR) is 199 cm³/mol. The van der Waals surface area contributed by atoms with Crippen LogP contribution in [0.1, 0.15) is 13.8 Å². The second-order valence-corrected chi connectivity index (χ2v) is 19.3. The van der Waals surface area contributed by atoms with Crippen LogP contribution in [0.5, 0.6) is 17.2 Å².